The highest BCUT2D eigenvalue weighted by Gasteiger charge is 2.40. The van der Waals surface area contributed by atoms with Crippen LogP contribution in [0.5, 0.6) is 0 Å². The fourth-order valence-electron chi connectivity index (χ4n) is 5.17. The number of allylic oxidation sites excluding steroid dienone is 3. The summed E-state index contributed by atoms with van der Waals surface area (Å²) < 4.78 is 44.1. The SMILES string of the molecule is NC1=C(F)C=CC=N[C@@]12CCCN(c1cnc(-c3ccc(F)c(F)c3)cc1Cn1cnc3c(N)ncnc31)C2. The summed E-state index contributed by atoms with van der Waals surface area (Å²) in [7, 11) is 0. The standard InChI is InChI=1S/C27H24F3N9/c28-18-5-4-16(9-20(18)30)21-10-17(12-39-15-36-23-25(32)34-14-35-26(23)39)22(11-33-21)38-8-2-6-27(13-38)24(31)19(29)3-1-7-37-27/h1,3-5,7,9-11,14-15H,2,6,8,12-13,31H2,(H2,32,34,35)/t27-/m1/s1. The van der Waals surface area contributed by atoms with Crippen LogP contribution in [0.2, 0.25) is 0 Å². The minimum absolute atomic E-state index is 0.0953. The lowest BCUT2D eigenvalue weighted by molar-refractivity contribution is 0.387. The summed E-state index contributed by atoms with van der Waals surface area (Å²) in [5, 5.41) is 0. The van der Waals surface area contributed by atoms with Crippen LogP contribution in [0.4, 0.5) is 24.7 Å². The molecule has 5 heterocycles. The molecule has 12 heteroatoms. The fraction of sp³-hybridized carbons (Fsp3) is 0.222. The second-order valence-electron chi connectivity index (χ2n) is 9.59. The first-order valence-corrected chi connectivity index (χ1v) is 12.3. The number of imidazole rings is 1. The Balaban J connectivity index is 1.44. The second kappa shape index (κ2) is 9.53. The number of aliphatic imine (C=N–C) groups is 1. The minimum atomic E-state index is -0.963. The molecule has 1 saturated heterocycles. The summed E-state index contributed by atoms with van der Waals surface area (Å²) in [5.74, 6) is -2.13. The molecule has 0 aliphatic carbocycles. The molecule has 1 aromatic carbocycles. The molecule has 0 saturated carbocycles. The van der Waals surface area contributed by atoms with Gasteiger partial charge in [-0.25, -0.2) is 28.1 Å². The van der Waals surface area contributed by atoms with Gasteiger partial charge in [0.2, 0.25) is 0 Å². The Bertz CT molecular complexity index is 1680. The summed E-state index contributed by atoms with van der Waals surface area (Å²) in [5.41, 5.74) is 14.9. The van der Waals surface area contributed by atoms with Gasteiger partial charge in [-0.1, -0.05) is 0 Å². The van der Waals surface area contributed by atoms with Gasteiger partial charge < -0.3 is 20.9 Å². The van der Waals surface area contributed by atoms with Crippen molar-refractivity contribution in [1.82, 2.24) is 24.5 Å². The number of halogens is 3. The quantitative estimate of drug-likeness (QED) is 0.409. The van der Waals surface area contributed by atoms with E-state index >= 15 is 0 Å². The van der Waals surface area contributed by atoms with Gasteiger partial charge in [-0.15, -0.1) is 0 Å². The van der Waals surface area contributed by atoms with E-state index in [4.69, 9.17) is 11.5 Å². The zero-order valence-corrected chi connectivity index (χ0v) is 20.7. The normalized spacial score (nSPS) is 19.3. The smallest absolute Gasteiger partial charge is 0.165 e. The third-order valence-electron chi connectivity index (χ3n) is 7.17. The number of rotatable bonds is 4. The molecular formula is C27H24F3N9. The molecule has 0 radical (unpaired) electrons. The van der Waals surface area contributed by atoms with E-state index in [1.54, 1.807) is 18.7 Å². The predicted octanol–water partition coefficient (Wildman–Crippen LogP) is 3.92. The van der Waals surface area contributed by atoms with Crippen molar-refractivity contribution in [3.63, 3.8) is 0 Å². The van der Waals surface area contributed by atoms with Gasteiger partial charge in [0.15, 0.2) is 23.1 Å². The molecule has 3 aromatic heterocycles. The van der Waals surface area contributed by atoms with Crippen LogP contribution in [-0.4, -0.2) is 49.3 Å². The molecule has 0 amide bonds. The lowest BCUT2D eigenvalue weighted by Crippen LogP contribution is -2.50. The molecule has 1 atom stereocenters. The molecule has 2 aliphatic rings. The van der Waals surface area contributed by atoms with Gasteiger partial charge in [-0.3, -0.25) is 9.98 Å². The molecule has 198 valence electrons. The van der Waals surface area contributed by atoms with Crippen molar-refractivity contribution in [3.8, 4) is 11.3 Å². The largest absolute Gasteiger partial charge is 0.398 e. The fourth-order valence-corrected chi connectivity index (χ4v) is 5.17. The van der Waals surface area contributed by atoms with Gasteiger partial charge in [0.25, 0.3) is 0 Å². The predicted molar refractivity (Wildman–Crippen MR) is 143 cm³/mol. The lowest BCUT2D eigenvalue weighted by atomic mass is 9.85. The van der Waals surface area contributed by atoms with Crippen molar-refractivity contribution < 1.29 is 13.2 Å². The third-order valence-corrected chi connectivity index (χ3v) is 7.17. The Morgan fingerprint density at radius 2 is 1.87 bits per heavy atom. The molecule has 1 fully saturated rings. The molecule has 39 heavy (non-hydrogen) atoms. The number of fused-ring (bicyclic) bond motifs is 1. The molecule has 9 nitrogen and oxygen atoms in total. The first-order chi connectivity index (χ1) is 18.8. The van der Waals surface area contributed by atoms with Crippen LogP contribution in [-0.2, 0) is 6.54 Å². The van der Waals surface area contributed by atoms with Crippen molar-refractivity contribution in [2.75, 3.05) is 23.7 Å². The monoisotopic (exact) mass is 531 g/mol. The van der Waals surface area contributed by atoms with Gasteiger partial charge in [-0.05, 0) is 54.8 Å². The van der Waals surface area contributed by atoms with Crippen LogP contribution >= 0.6 is 0 Å². The maximum atomic E-state index is 14.7. The minimum Gasteiger partial charge on any atom is -0.398 e. The highest BCUT2D eigenvalue weighted by Crippen LogP contribution is 2.37. The van der Waals surface area contributed by atoms with Crippen LogP contribution in [0.3, 0.4) is 0 Å². The van der Waals surface area contributed by atoms with Gasteiger partial charge in [0.05, 0.1) is 36.1 Å². The number of pyridine rings is 1. The van der Waals surface area contributed by atoms with E-state index < -0.39 is 23.0 Å². The summed E-state index contributed by atoms with van der Waals surface area (Å²) >= 11 is 0. The first kappa shape index (κ1) is 24.6. The van der Waals surface area contributed by atoms with Crippen molar-refractivity contribution in [2.45, 2.75) is 24.9 Å². The van der Waals surface area contributed by atoms with Crippen LogP contribution in [0, 0.1) is 11.6 Å². The molecular weight excluding hydrogens is 507 g/mol. The van der Waals surface area contributed by atoms with E-state index in [0.717, 1.165) is 23.4 Å². The maximum absolute atomic E-state index is 14.7. The van der Waals surface area contributed by atoms with Crippen LogP contribution in [0.15, 0.2) is 71.8 Å². The maximum Gasteiger partial charge on any atom is 0.165 e. The first-order valence-electron chi connectivity index (χ1n) is 12.3. The number of anilines is 2. The van der Waals surface area contributed by atoms with E-state index in [1.165, 1.54) is 24.5 Å². The van der Waals surface area contributed by atoms with Crippen LogP contribution < -0.4 is 16.4 Å². The molecule has 6 rings (SSSR count). The number of hydrogen-bond acceptors (Lipinski definition) is 8. The number of hydrogen-bond donors (Lipinski definition) is 2. The summed E-state index contributed by atoms with van der Waals surface area (Å²) in [4.78, 5) is 24.0. The molecule has 1 spiro atoms. The van der Waals surface area contributed by atoms with Crippen LogP contribution in [0.25, 0.3) is 22.4 Å². The molecule has 2 aliphatic heterocycles. The van der Waals surface area contributed by atoms with E-state index in [0.29, 0.717) is 54.9 Å². The number of benzene rings is 1. The van der Waals surface area contributed by atoms with Crippen molar-refractivity contribution in [2.24, 2.45) is 10.7 Å². The van der Waals surface area contributed by atoms with Crippen molar-refractivity contribution in [3.05, 3.63) is 84.0 Å². The summed E-state index contributed by atoms with van der Waals surface area (Å²) in [6.07, 6.45) is 10.4. The second-order valence-corrected chi connectivity index (χ2v) is 9.59. The van der Waals surface area contributed by atoms with Gasteiger partial charge >= 0.3 is 0 Å². The van der Waals surface area contributed by atoms with Crippen molar-refractivity contribution >= 4 is 28.9 Å². The van der Waals surface area contributed by atoms with Gasteiger partial charge in [0, 0.05) is 24.9 Å². The van der Waals surface area contributed by atoms with E-state index in [2.05, 4.69) is 29.8 Å². The average molecular weight is 532 g/mol. The Morgan fingerprint density at radius 3 is 2.72 bits per heavy atom. The number of nitrogens with two attached hydrogens (primary N) is 2. The number of piperidine rings is 1. The topological polar surface area (TPSA) is 124 Å². The zero-order chi connectivity index (χ0) is 27.1. The van der Waals surface area contributed by atoms with Crippen LogP contribution in [0.1, 0.15) is 18.4 Å². The van der Waals surface area contributed by atoms with Gasteiger partial charge in [0.1, 0.15) is 23.2 Å². The number of nitrogens with zero attached hydrogens (tertiary/aromatic N) is 7. The Labute approximate surface area is 221 Å². The zero-order valence-electron chi connectivity index (χ0n) is 20.7. The Morgan fingerprint density at radius 1 is 1.00 bits per heavy atom. The lowest BCUT2D eigenvalue weighted by Gasteiger charge is -2.42. The average Bonchev–Trinajstić information content (AvgIpc) is 3.30. The Hall–Kier alpha value is -4.74. The molecule has 4 N–H and O–H groups in total. The number of aromatic nitrogens is 5. The highest BCUT2D eigenvalue weighted by molar-refractivity contribution is 5.81. The van der Waals surface area contributed by atoms with E-state index in [1.807, 2.05) is 10.6 Å². The Kier molecular flexibility index (Phi) is 6.01. The molecule has 4 aromatic rings. The molecule has 0 unspecified atom stereocenters. The van der Waals surface area contributed by atoms with Crippen molar-refractivity contribution in [1.29, 1.82) is 0 Å². The van der Waals surface area contributed by atoms with Gasteiger partial charge in [-0.2, -0.15) is 0 Å². The number of nitrogen functional groups attached to an aromatic ring is 1. The summed E-state index contributed by atoms with van der Waals surface area (Å²) in [6, 6.07) is 5.47. The summed E-state index contributed by atoms with van der Waals surface area (Å²) in [6.45, 7) is 1.32. The highest BCUT2D eigenvalue weighted by atomic mass is 19.2. The van der Waals surface area contributed by atoms with E-state index in [-0.39, 0.29) is 11.5 Å². The third kappa shape index (κ3) is 4.37. The van der Waals surface area contributed by atoms with E-state index in [9.17, 15) is 13.2 Å². The molecule has 0 bridgehead atoms.